The zero-order valence-electron chi connectivity index (χ0n) is 17.3. The molecular weight excluding hydrogens is 362 g/mol. The van der Waals surface area contributed by atoms with Gasteiger partial charge in [-0.25, -0.2) is 8.42 Å². The van der Waals surface area contributed by atoms with Gasteiger partial charge in [0.1, 0.15) is 10.8 Å². The molecule has 0 aliphatic heterocycles. The summed E-state index contributed by atoms with van der Waals surface area (Å²) in [6, 6.07) is 4.82. The minimum Gasteiger partial charge on any atom is -0.507 e. The van der Waals surface area contributed by atoms with Crippen molar-refractivity contribution >= 4 is 15.6 Å². The highest BCUT2D eigenvalue weighted by Gasteiger charge is 2.28. The van der Waals surface area contributed by atoms with E-state index in [4.69, 9.17) is 0 Å². The smallest absolute Gasteiger partial charge is 0.194 e. The number of benzene rings is 1. The van der Waals surface area contributed by atoms with E-state index in [2.05, 4.69) is 0 Å². The summed E-state index contributed by atoms with van der Waals surface area (Å²) < 4.78 is 25.2. The fraction of sp³-hybridized carbons (Fsp3) is 0.476. The number of sulfone groups is 1. The van der Waals surface area contributed by atoms with Crippen molar-refractivity contribution in [3.05, 3.63) is 46.6 Å². The number of hydrogen-bond donors (Lipinski definition) is 1. The van der Waals surface area contributed by atoms with Crippen molar-refractivity contribution < 1.29 is 18.3 Å². The Labute approximate surface area is 162 Å². The zero-order chi connectivity index (χ0) is 20.9. The van der Waals surface area contributed by atoms with Crippen molar-refractivity contribution in [2.75, 3.05) is 6.26 Å². The lowest BCUT2D eigenvalue weighted by atomic mass is 9.78. The summed E-state index contributed by atoms with van der Waals surface area (Å²) in [4.78, 5) is 13.1. The number of phenolic OH excluding ortho intramolecular Hbond substituents is 1. The lowest BCUT2D eigenvalue weighted by Gasteiger charge is -2.28. The molecule has 6 heteroatoms. The number of aromatic hydroxyl groups is 1. The maximum Gasteiger partial charge on any atom is 0.194 e. The van der Waals surface area contributed by atoms with E-state index in [1.54, 1.807) is 19.2 Å². The Kier molecular flexibility index (Phi) is 5.12. The number of carbonyl (C=O) groups is 1. The molecule has 0 aliphatic carbocycles. The van der Waals surface area contributed by atoms with E-state index >= 15 is 0 Å². The van der Waals surface area contributed by atoms with Crippen molar-refractivity contribution in [1.29, 1.82) is 0 Å². The van der Waals surface area contributed by atoms with Crippen molar-refractivity contribution in [2.24, 2.45) is 7.05 Å². The number of carbonyl (C=O) groups excluding carboxylic acids is 1. The van der Waals surface area contributed by atoms with Crippen LogP contribution in [-0.4, -0.2) is 30.1 Å². The second-order valence-electron chi connectivity index (χ2n) is 9.20. The van der Waals surface area contributed by atoms with E-state index in [9.17, 15) is 18.3 Å². The van der Waals surface area contributed by atoms with Crippen molar-refractivity contribution in [1.82, 2.24) is 4.57 Å². The summed E-state index contributed by atoms with van der Waals surface area (Å²) >= 11 is 0. The van der Waals surface area contributed by atoms with Gasteiger partial charge >= 0.3 is 0 Å². The van der Waals surface area contributed by atoms with Crippen LogP contribution in [0.15, 0.2) is 29.4 Å². The van der Waals surface area contributed by atoms with Crippen LogP contribution in [0.4, 0.5) is 0 Å². The van der Waals surface area contributed by atoms with Crippen LogP contribution in [0.3, 0.4) is 0 Å². The lowest BCUT2D eigenvalue weighted by Crippen LogP contribution is -2.19. The Morgan fingerprint density at radius 3 is 1.70 bits per heavy atom. The van der Waals surface area contributed by atoms with Crippen LogP contribution in [0.25, 0.3) is 0 Å². The van der Waals surface area contributed by atoms with Gasteiger partial charge in [-0.3, -0.25) is 4.79 Å². The molecule has 1 heterocycles. The van der Waals surface area contributed by atoms with Crippen molar-refractivity contribution in [3.8, 4) is 5.75 Å². The third kappa shape index (κ3) is 4.26. The SMILES string of the molecule is Cn1cc(C(=O)c2cc(C(C)(C)C)c(O)c(C(C)(C)C)c2)cc1S(C)(=O)=O. The van der Waals surface area contributed by atoms with Gasteiger partial charge in [0.15, 0.2) is 15.6 Å². The molecule has 0 unspecified atom stereocenters. The molecule has 1 aromatic heterocycles. The quantitative estimate of drug-likeness (QED) is 0.804. The fourth-order valence-electron chi connectivity index (χ4n) is 3.11. The van der Waals surface area contributed by atoms with Gasteiger partial charge in [-0.2, -0.15) is 0 Å². The number of phenols is 1. The molecule has 148 valence electrons. The Morgan fingerprint density at radius 2 is 1.37 bits per heavy atom. The van der Waals surface area contributed by atoms with E-state index in [-0.39, 0.29) is 27.4 Å². The summed E-state index contributed by atoms with van der Waals surface area (Å²) in [5.74, 6) is -0.0621. The molecule has 0 bridgehead atoms. The second-order valence-corrected chi connectivity index (χ2v) is 11.2. The topological polar surface area (TPSA) is 76.4 Å². The van der Waals surface area contributed by atoms with Crippen LogP contribution in [0.1, 0.15) is 68.6 Å². The van der Waals surface area contributed by atoms with E-state index in [0.29, 0.717) is 22.3 Å². The molecule has 2 aromatic rings. The molecule has 0 fully saturated rings. The maximum atomic E-state index is 13.1. The molecule has 0 atom stereocenters. The molecule has 0 saturated carbocycles. The normalized spacial score (nSPS) is 13.0. The van der Waals surface area contributed by atoms with E-state index in [0.717, 1.165) is 6.26 Å². The molecule has 0 aliphatic rings. The molecule has 27 heavy (non-hydrogen) atoms. The Bertz CT molecular complexity index is 965. The van der Waals surface area contributed by atoms with E-state index in [1.807, 2.05) is 41.5 Å². The molecule has 1 aromatic carbocycles. The third-order valence-electron chi connectivity index (χ3n) is 4.59. The summed E-state index contributed by atoms with van der Waals surface area (Å²) in [6.45, 7) is 11.9. The summed E-state index contributed by atoms with van der Waals surface area (Å²) in [5.41, 5.74) is 1.43. The van der Waals surface area contributed by atoms with Gasteiger partial charge in [0.2, 0.25) is 0 Å². The molecule has 0 radical (unpaired) electrons. The summed E-state index contributed by atoms with van der Waals surface area (Å²) in [7, 11) is -1.82. The number of rotatable bonds is 3. The minimum atomic E-state index is -3.43. The predicted octanol–water partition coefficient (Wildman–Crippen LogP) is 3.96. The van der Waals surface area contributed by atoms with Crippen LogP contribution in [0.2, 0.25) is 0 Å². The number of aromatic nitrogens is 1. The van der Waals surface area contributed by atoms with Gasteiger partial charge in [-0.15, -0.1) is 0 Å². The highest BCUT2D eigenvalue weighted by Crippen LogP contribution is 2.40. The minimum absolute atomic E-state index is 0.0942. The third-order valence-corrected chi connectivity index (χ3v) is 5.76. The van der Waals surface area contributed by atoms with Gasteiger partial charge in [0.05, 0.1) is 0 Å². The average molecular weight is 392 g/mol. The highest BCUT2D eigenvalue weighted by atomic mass is 32.2. The second kappa shape index (κ2) is 6.51. The first kappa shape index (κ1) is 21.2. The van der Waals surface area contributed by atoms with Gasteiger partial charge < -0.3 is 9.67 Å². The van der Waals surface area contributed by atoms with Crippen LogP contribution in [0.5, 0.6) is 5.75 Å². The van der Waals surface area contributed by atoms with E-state index < -0.39 is 9.84 Å². The van der Waals surface area contributed by atoms with Gasteiger partial charge in [0, 0.05) is 41.8 Å². The average Bonchev–Trinajstić information content (AvgIpc) is 2.86. The van der Waals surface area contributed by atoms with Crippen molar-refractivity contribution in [3.63, 3.8) is 0 Å². The van der Waals surface area contributed by atoms with Crippen LogP contribution in [0, 0.1) is 0 Å². The summed E-state index contributed by atoms with van der Waals surface area (Å²) in [6.07, 6.45) is 2.64. The molecule has 5 nitrogen and oxygen atoms in total. The van der Waals surface area contributed by atoms with Crippen LogP contribution >= 0.6 is 0 Å². The van der Waals surface area contributed by atoms with Crippen molar-refractivity contribution in [2.45, 2.75) is 57.4 Å². The molecule has 0 spiro atoms. The predicted molar refractivity (Wildman–Crippen MR) is 107 cm³/mol. The van der Waals surface area contributed by atoms with Crippen LogP contribution < -0.4 is 0 Å². The number of ketones is 1. The first-order chi connectivity index (χ1) is 12.0. The summed E-state index contributed by atoms with van der Waals surface area (Å²) in [5, 5.41) is 10.9. The van der Waals surface area contributed by atoms with Gasteiger partial charge in [-0.05, 0) is 29.0 Å². The van der Waals surface area contributed by atoms with Gasteiger partial charge in [0.25, 0.3) is 0 Å². The lowest BCUT2D eigenvalue weighted by molar-refractivity contribution is 0.103. The molecule has 0 amide bonds. The monoisotopic (exact) mass is 391 g/mol. The van der Waals surface area contributed by atoms with Gasteiger partial charge in [-0.1, -0.05) is 41.5 Å². The molecule has 2 rings (SSSR count). The Morgan fingerprint density at radius 1 is 0.926 bits per heavy atom. The maximum absolute atomic E-state index is 13.1. The highest BCUT2D eigenvalue weighted by molar-refractivity contribution is 7.90. The van der Waals surface area contributed by atoms with Crippen LogP contribution in [-0.2, 0) is 27.7 Å². The molecule has 1 N–H and O–H groups in total. The van der Waals surface area contributed by atoms with E-state index in [1.165, 1.54) is 16.8 Å². The Hall–Kier alpha value is -2.08. The molecular formula is C21H29NO4S. The largest absolute Gasteiger partial charge is 0.507 e. The Balaban J connectivity index is 2.70. The first-order valence-electron chi connectivity index (χ1n) is 8.82. The standard InChI is InChI=1S/C21H29NO4S/c1-20(2,3)15-9-13(10-16(19(15)24)21(4,5)6)18(23)14-11-17(22(7)12-14)27(8,25)26/h9-12,24H,1-8H3. The number of hydrogen-bond acceptors (Lipinski definition) is 4. The number of nitrogens with zero attached hydrogens (tertiary/aromatic N) is 1. The number of aryl methyl sites for hydroxylation is 1. The zero-order valence-corrected chi connectivity index (χ0v) is 18.2. The fourth-order valence-corrected chi connectivity index (χ4v) is 4.03. The first-order valence-corrected chi connectivity index (χ1v) is 10.7. The molecule has 0 saturated heterocycles.